The molecule has 2 rings (SSSR count). The number of hydrogen-bond donors (Lipinski definition) is 1. The van der Waals surface area contributed by atoms with Gasteiger partial charge in [-0.25, -0.2) is 0 Å². The Morgan fingerprint density at radius 3 is 2.55 bits per heavy atom. The van der Waals surface area contributed by atoms with Gasteiger partial charge in [-0.2, -0.15) is 0 Å². The van der Waals surface area contributed by atoms with Crippen molar-refractivity contribution < 1.29 is 4.79 Å². The third-order valence-electron chi connectivity index (χ3n) is 4.01. The molecule has 3 nitrogen and oxygen atoms in total. The Balaban J connectivity index is 1.78. The van der Waals surface area contributed by atoms with E-state index in [9.17, 15) is 4.79 Å². The van der Waals surface area contributed by atoms with E-state index in [0.29, 0.717) is 12.3 Å². The highest BCUT2D eigenvalue weighted by atomic mass is 16.2. The van der Waals surface area contributed by atoms with Crippen LogP contribution >= 0.6 is 0 Å². The maximum absolute atomic E-state index is 12.2. The van der Waals surface area contributed by atoms with Crippen molar-refractivity contribution in [2.75, 3.05) is 25.0 Å². The number of likely N-dealkylation sites (tertiary alicyclic amines) is 1. The molecule has 1 aliphatic heterocycles. The van der Waals surface area contributed by atoms with Crippen molar-refractivity contribution in [3.05, 3.63) is 29.8 Å². The summed E-state index contributed by atoms with van der Waals surface area (Å²) in [6, 6.07) is 8.33. The van der Waals surface area contributed by atoms with Gasteiger partial charge in [-0.3, -0.25) is 4.79 Å². The van der Waals surface area contributed by atoms with Crippen molar-refractivity contribution in [2.45, 2.75) is 45.4 Å². The van der Waals surface area contributed by atoms with Crippen LogP contribution in [0.5, 0.6) is 0 Å². The van der Waals surface area contributed by atoms with E-state index >= 15 is 0 Å². The van der Waals surface area contributed by atoms with Gasteiger partial charge in [0.25, 0.3) is 0 Å². The molecule has 0 bridgehead atoms. The van der Waals surface area contributed by atoms with Crippen molar-refractivity contribution in [1.29, 1.82) is 0 Å². The van der Waals surface area contributed by atoms with Gasteiger partial charge in [0.05, 0.1) is 0 Å². The highest BCUT2D eigenvalue weighted by molar-refractivity contribution is 5.76. The molecule has 1 saturated heterocycles. The Kier molecular flexibility index (Phi) is 5.90. The fourth-order valence-electron chi connectivity index (χ4n) is 2.78. The number of carbonyl (C=O) groups excluding carboxylic acids is 1. The van der Waals surface area contributed by atoms with Gasteiger partial charge in [0.2, 0.25) is 5.91 Å². The number of benzene rings is 1. The van der Waals surface area contributed by atoms with Crippen LogP contribution in [0.15, 0.2) is 24.3 Å². The highest BCUT2D eigenvalue weighted by Gasteiger charge is 2.14. The van der Waals surface area contributed by atoms with Crippen LogP contribution in [-0.2, 0) is 11.2 Å². The molecule has 0 aliphatic carbocycles. The van der Waals surface area contributed by atoms with Gasteiger partial charge < -0.3 is 10.2 Å². The molecule has 1 N–H and O–H groups in total. The van der Waals surface area contributed by atoms with E-state index < -0.39 is 0 Å². The minimum atomic E-state index is 0.299. The Hall–Kier alpha value is -1.51. The summed E-state index contributed by atoms with van der Waals surface area (Å²) in [7, 11) is 0. The van der Waals surface area contributed by atoms with Gasteiger partial charge in [-0.05, 0) is 30.9 Å². The second kappa shape index (κ2) is 7.93. The van der Waals surface area contributed by atoms with Crippen molar-refractivity contribution in [3.63, 3.8) is 0 Å². The van der Waals surface area contributed by atoms with Gasteiger partial charge in [-0.1, -0.05) is 38.0 Å². The zero-order valence-electron chi connectivity index (χ0n) is 12.5. The quantitative estimate of drug-likeness (QED) is 0.892. The number of aryl methyl sites for hydroxylation is 1. The molecule has 0 spiro atoms. The zero-order chi connectivity index (χ0) is 14.2. The van der Waals surface area contributed by atoms with E-state index in [1.54, 1.807) is 0 Å². The van der Waals surface area contributed by atoms with Crippen molar-refractivity contribution >= 4 is 11.6 Å². The van der Waals surface area contributed by atoms with E-state index in [1.165, 1.54) is 24.1 Å². The maximum atomic E-state index is 12.2. The smallest absolute Gasteiger partial charge is 0.224 e. The molecule has 1 amide bonds. The van der Waals surface area contributed by atoms with Crippen molar-refractivity contribution in [1.82, 2.24) is 4.90 Å². The Morgan fingerprint density at radius 1 is 1.15 bits per heavy atom. The lowest BCUT2D eigenvalue weighted by Crippen LogP contribution is -2.32. The molecular formula is C17H26N2O. The van der Waals surface area contributed by atoms with Gasteiger partial charge in [0.1, 0.15) is 0 Å². The lowest BCUT2D eigenvalue weighted by Gasteiger charge is -2.20. The second-order valence-electron chi connectivity index (χ2n) is 5.48. The molecule has 0 unspecified atom stereocenters. The third-order valence-corrected chi connectivity index (χ3v) is 4.01. The number of amides is 1. The number of nitrogens with zero attached hydrogens (tertiary/aromatic N) is 1. The van der Waals surface area contributed by atoms with E-state index in [-0.39, 0.29) is 0 Å². The highest BCUT2D eigenvalue weighted by Crippen LogP contribution is 2.15. The first-order chi connectivity index (χ1) is 9.81. The fourth-order valence-corrected chi connectivity index (χ4v) is 2.78. The first-order valence-electron chi connectivity index (χ1n) is 7.91. The summed E-state index contributed by atoms with van der Waals surface area (Å²) in [5.41, 5.74) is 2.48. The lowest BCUT2D eigenvalue weighted by molar-refractivity contribution is -0.130. The molecule has 1 fully saturated rings. The van der Waals surface area contributed by atoms with Crippen LogP contribution in [-0.4, -0.2) is 30.4 Å². The number of carbonyl (C=O) groups is 1. The monoisotopic (exact) mass is 274 g/mol. The van der Waals surface area contributed by atoms with Gasteiger partial charge in [-0.15, -0.1) is 0 Å². The molecule has 0 atom stereocenters. The fraction of sp³-hybridized carbons (Fsp3) is 0.588. The van der Waals surface area contributed by atoms with E-state index in [1.807, 2.05) is 11.0 Å². The molecule has 1 heterocycles. The molecule has 3 heteroatoms. The van der Waals surface area contributed by atoms with Crippen LogP contribution in [0.2, 0.25) is 0 Å². The predicted octanol–water partition coefficient (Wildman–Crippen LogP) is 3.45. The molecule has 1 aromatic rings. The SMILES string of the molecule is CCc1ccccc1NCCC(=O)N1CCCCCC1. The summed E-state index contributed by atoms with van der Waals surface area (Å²) in [5.74, 6) is 0.299. The van der Waals surface area contributed by atoms with Gasteiger partial charge >= 0.3 is 0 Å². The zero-order valence-corrected chi connectivity index (χ0v) is 12.5. The van der Waals surface area contributed by atoms with Crippen LogP contribution in [0.25, 0.3) is 0 Å². The minimum absolute atomic E-state index is 0.299. The van der Waals surface area contributed by atoms with E-state index in [4.69, 9.17) is 0 Å². The summed E-state index contributed by atoms with van der Waals surface area (Å²) in [6.07, 6.45) is 6.48. The average molecular weight is 274 g/mol. The molecule has 20 heavy (non-hydrogen) atoms. The lowest BCUT2D eigenvalue weighted by atomic mass is 10.1. The van der Waals surface area contributed by atoms with E-state index in [2.05, 4.69) is 30.4 Å². The van der Waals surface area contributed by atoms with Crippen LogP contribution in [0, 0.1) is 0 Å². The summed E-state index contributed by atoms with van der Waals surface area (Å²) < 4.78 is 0. The Morgan fingerprint density at radius 2 is 1.85 bits per heavy atom. The summed E-state index contributed by atoms with van der Waals surface area (Å²) in [4.78, 5) is 14.2. The predicted molar refractivity (Wildman–Crippen MR) is 84.0 cm³/mol. The number of rotatable bonds is 5. The van der Waals surface area contributed by atoms with Crippen LogP contribution in [0.4, 0.5) is 5.69 Å². The molecule has 1 aromatic carbocycles. The van der Waals surface area contributed by atoms with Gasteiger partial charge in [0.15, 0.2) is 0 Å². The maximum Gasteiger partial charge on any atom is 0.224 e. The number of anilines is 1. The number of hydrogen-bond acceptors (Lipinski definition) is 2. The standard InChI is InChI=1S/C17H26N2O/c1-2-15-9-5-6-10-16(15)18-12-11-17(20)19-13-7-3-4-8-14-19/h5-6,9-10,18H,2-4,7-8,11-14H2,1H3. The number of para-hydroxylation sites is 1. The molecular weight excluding hydrogens is 248 g/mol. The van der Waals surface area contributed by atoms with E-state index in [0.717, 1.165) is 38.9 Å². The van der Waals surface area contributed by atoms with Crippen molar-refractivity contribution in [2.24, 2.45) is 0 Å². The largest absolute Gasteiger partial charge is 0.384 e. The molecule has 110 valence electrons. The Bertz CT molecular complexity index is 423. The van der Waals surface area contributed by atoms with Crippen LogP contribution in [0.1, 0.15) is 44.6 Å². The van der Waals surface area contributed by atoms with Gasteiger partial charge in [0, 0.05) is 31.7 Å². The molecule has 1 aliphatic rings. The third kappa shape index (κ3) is 4.26. The minimum Gasteiger partial charge on any atom is -0.384 e. The van der Waals surface area contributed by atoms with Crippen molar-refractivity contribution in [3.8, 4) is 0 Å². The normalized spacial score (nSPS) is 15.8. The first kappa shape index (κ1) is 14.9. The van der Waals surface area contributed by atoms with Crippen LogP contribution < -0.4 is 5.32 Å². The molecule has 0 saturated carbocycles. The molecule has 0 radical (unpaired) electrons. The average Bonchev–Trinajstić information content (AvgIpc) is 2.77. The van der Waals surface area contributed by atoms with Crippen LogP contribution in [0.3, 0.4) is 0 Å². The number of nitrogens with one attached hydrogen (secondary N) is 1. The summed E-state index contributed by atoms with van der Waals surface area (Å²) >= 11 is 0. The topological polar surface area (TPSA) is 32.3 Å². The first-order valence-corrected chi connectivity index (χ1v) is 7.91. The second-order valence-corrected chi connectivity index (χ2v) is 5.48. The summed E-state index contributed by atoms with van der Waals surface area (Å²) in [6.45, 7) is 4.78. The Labute approximate surface area is 122 Å². The molecule has 0 aromatic heterocycles. The summed E-state index contributed by atoms with van der Waals surface area (Å²) in [5, 5.41) is 3.40.